The lowest BCUT2D eigenvalue weighted by Gasteiger charge is -2.05. The number of aryl methyl sites for hydroxylation is 1. The number of aromatic carboxylic acids is 1. The number of para-hydroxylation sites is 1. The number of carboxylic acid groups (broad SMARTS) is 1. The first-order valence-electron chi connectivity index (χ1n) is 6.30. The summed E-state index contributed by atoms with van der Waals surface area (Å²) in [5.74, 6) is -1.81. The van der Waals surface area contributed by atoms with E-state index in [1.165, 1.54) is 12.1 Å². The van der Waals surface area contributed by atoms with Crippen LogP contribution < -0.4 is 0 Å². The van der Waals surface area contributed by atoms with Crippen molar-refractivity contribution in [2.45, 2.75) is 6.92 Å². The second kappa shape index (κ2) is 4.86. The molecule has 104 valence electrons. The van der Waals surface area contributed by atoms with Gasteiger partial charge in [-0.15, -0.1) is 0 Å². The van der Waals surface area contributed by atoms with Crippen molar-refractivity contribution < 1.29 is 19.1 Å². The summed E-state index contributed by atoms with van der Waals surface area (Å²) in [4.78, 5) is 27.7. The normalized spacial score (nSPS) is 10.7. The Bertz CT molecular complexity index is 864. The van der Waals surface area contributed by atoms with Crippen LogP contribution in [0.2, 0.25) is 0 Å². The van der Waals surface area contributed by atoms with Crippen molar-refractivity contribution in [1.82, 2.24) is 4.98 Å². The molecule has 0 aliphatic carbocycles. The molecule has 1 aromatic carbocycles. The van der Waals surface area contributed by atoms with Gasteiger partial charge in [-0.2, -0.15) is 0 Å². The molecular formula is C16H11NO4. The van der Waals surface area contributed by atoms with Crippen molar-refractivity contribution in [2.24, 2.45) is 0 Å². The Morgan fingerprint density at radius 2 is 1.81 bits per heavy atom. The van der Waals surface area contributed by atoms with Crippen molar-refractivity contribution in [2.75, 3.05) is 0 Å². The van der Waals surface area contributed by atoms with Gasteiger partial charge in [-0.1, -0.05) is 18.2 Å². The van der Waals surface area contributed by atoms with Gasteiger partial charge < -0.3 is 9.52 Å². The monoisotopic (exact) mass is 281 g/mol. The van der Waals surface area contributed by atoms with E-state index < -0.39 is 5.97 Å². The van der Waals surface area contributed by atoms with Gasteiger partial charge in [0.2, 0.25) is 11.5 Å². The molecule has 0 fully saturated rings. The molecule has 0 radical (unpaired) electrons. The summed E-state index contributed by atoms with van der Waals surface area (Å²) in [5.41, 5.74) is 1.87. The Morgan fingerprint density at radius 1 is 1.10 bits per heavy atom. The zero-order valence-corrected chi connectivity index (χ0v) is 11.2. The molecule has 0 aliphatic heterocycles. The number of ketones is 1. The van der Waals surface area contributed by atoms with E-state index in [2.05, 4.69) is 4.98 Å². The molecule has 0 atom stereocenters. The first kappa shape index (κ1) is 13.1. The quantitative estimate of drug-likeness (QED) is 0.746. The van der Waals surface area contributed by atoms with Gasteiger partial charge in [0, 0.05) is 16.6 Å². The number of hydrogen-bond acceptors (Lipinski definition) is 4. The van der Waals surface area contributed by atoms with E-state index in [-0.39, 0.29) is 17.3 Å². The predicted molar refractivity (Wildman–Crippen MR) is 75.6 cm³/mol. The van der Waals surface area contributed by atoms with E-state index in [0.717, 1.165) is 0 Å². The van der Waals surface area contributed by atoms with E-state index in [1.807, 2.05) is 18.2 Å². The number of carbonyl (C=O) groups excluding carboxylic acids is 1. The Morgan fingerprint density at radius 3 is 2.52 bits per heavy atom. The summed E-state index contributed by atoms with van der Waals surface area (Å²) >= 11 is 0. The molecule has 3 rings (SSSR count). The highest BCUT2D eigenvalue weighted by Crippen LogP contribution is 2.22. The van der Waals surface area contributed by atoms with Crippen LogP contribution in [0.5, 0.6) is 0 Å². The first-order valence-corrected chi connectivity index (χ1v) is 6.30. The average Bonchev–Trinajstić information content (AvgIpc) is 2.95. The maximum absolute atomic E-state index is 12.5. The van der Waals surface area contributed by atoms with Gasteiger partial charge in [0.05, 0.1) is 5.52 Å². The molecule has 0 saturated heterocycles. The molecule has 0 amide bonds. The van der Waals surface area contributed by atoms with E-state index in [9.17, 15) is 9.59 Å². The number of nitrogens with zero attached hydrogens (tertiary/aromatic N) is 1. The second-order valence-corrected chi connectivity index (χ2v) is 4.63. The number of carboxylic acids is 1. The van der Waals surface area contributed by atoms with Gasteiger partial charge in [-0.3, -0.25) is 9.78 Å². The number of aromatic nitrogens is 1. The molecule has 0 aliphatic rings. The summed E-state index contributed by atoms with van der Waals surface area (Å²) < 4.78 is 5.08. The van der Waals surface area contributed by atoms with Crippen molar-refractivity contribution in [3.63, 3.8) is 0 Å². The van der Waals surface area contributed by atoms with Crippen LogP contribution in [0, 0.1) is 6.92 Å². The van der Waals surface area contributed by atoms with E-state index in [0.29, 0.717) is 22.2 Å². The number of benzene rings is 1. The third-order valence-corrected chi connectivity index (χ3v) is 3.13. The maximum atomic E-state index is 12.5. The van der Waals surface area contributed by atoms with Gasteiger partial charge in [-0.25, -0.2) is 4.79 Å². The molecule has 0 unspecified atom stereocenters. The molecule has 3 aromatic rings. The Balaban J connectivity index is 2.14. The van der Waals surface area contributed by atoms with Crippen molar-refractivity contribution in [3.8, 4) is 0 Å². The van der Waals surface area contributed by atoms with Crippen LogP contribution in [-0.4, -0.2) is 21.8 Å². The minimum Gasteiger partial charge on any atom is -0.475 e. The smallest absolute Gasteiger partial charge is 0.371 e. The third-order valence-electron chi connectivity index (χ3n) is 3.13. The molecule has 2 heterocycles. The highest BCUT2D eigenvalue weighted by Gasteiger charge is 2.19. The molecule has 2 aromatic heterocycles. The predicted octanol–water partition coefficient (Wildman–Crippen LogP) is 3.07. The lowest BCUT2D eigenvalue weighted by molar-refractivity contribution is 0.0660. The van der Waals surface area contributed by atoms with E-state index in [1.54, 1.807) is 19.1 Å². The number of carbonyl (C=O) groups is 2. The van der Waals surface area contributed by atoms with Crippen LogP contribution in [0.15, 0.2) is 46.9 Å². The van der Waals surface area contributed by atoms with Gasteiger partial charge in [-0.05, 0) is 31.2 Å². The van der Waals surface area contributed by atoms with Crippen molar-refractivity contribution in [1.29, 1.82) is 0 Å². The molecule has 5 heteroatoms. The van der Waals surface area contributed by atoms with Crippen LogP contribution >= 0.6 is 0 Å². The minimum absolute atomic E-state index is 0.00292. The summed E-state index contributed by atoms with van der Waals surface area (Å²) in [5, 5.41) is 9.56. The molecule has 5 nitrogen and oxygen atoms in total. The lowest BCUT2D eigenvalue weighted by Crippen LogP contribution is -2.03. The van der Waals surface area contributed by atoms with Crippen molar-refractivity contribution >= 4 is 22.7 Å². The minimum atomic E-state index is -1.20. The van der Waals surface area contributed by atoms with Crippen LogP contribution in [0.3, 0.4) is 0 Å². The lowest BCUT2D eigenvalue weighted by atomic mass is 10.0. The highest BCUT2D eigenvalue weighted by atomic mass is 16.4. The highest BCUT2D eigenvalue weighted by molar-refractivity contribution is 6.14. The van der Waals surface area contributed by atoms with Crippen LogP contribution in [-0.2, 0) is 0 Å². The van der Waals surface area contributed by atoms with Crippen LogP contribution in [0.4, 0.5) is 0 Å². The summed E-state index contributed by atoms with van der Waals surface area (Å²) in [6.45, 7) is 1.80. The van der Waals surface area contributed by atoms with Crippen LogP contribution in [0.25, 0.3) is 10.9 Å². The van der Waals surface area contributed by atoms with E-state index >= 15 is 0 Å². The van der Waals surface area contributed by atoms with Crippen molar-refractivity contribution in [3.05, 3.63) is 65.2 Å². The molecule has 0 bridgehead atoms. The largest absolute Gasteiger partial charge is 0.475 e. The zero-order valence-electron chi connectivity index (χ0n) is 11.2. The maximum Gasteiger partial charge on any atom is 0.371 e. The van der Waals surface area contributed by atoms with Gasteiger partial charge in [0.15, 0.2) is 5.76 Å². The second-order valence-electron chi connectivity index (χ2n) is 4.63. The summed E-state index contributed by atoms with van der Waals surface area (Å²) in [6, 6.07) is 11.6. The summed E-state index contributed by atoms with van der Waals surface area (Å²) in [7, 11) is 0. The SMILES string of the molecule is Cc1cc(C(=O)c2ccc(C(=O)O)o2)c2ccccc2n1. The molecule has 0 saturated carbocycles. The number of rotatable bonds is 3. The Kier molecular flexibility index (Phi) is 3.02. The third kappa shape index (κ3) is 2.29. The standard InChI is InChI=1S/C16H11NO4/c1-9-8-11(10-4-2-3-5-12(10)17-9)15(18)13-6-7-14(21-13)16(19)20/h2-8H,1H3,(H,19,20). The fourth-order valence-electron chi connectivity index (χ4n) is 2.20. The fraction of sp³-hybridized carbons (Fsp3) is 0.0625. The molecule has 0 spiro atoms. The van der Waals surface area contributed by atoms with Gasteiger partial charge >= 0.3 is 5.97 Å². The van der Waals surface area contributed by atoms with Crippen LogP contribution in [0.1, 0.15) is 32.4 Å². The average molecular weight is 281 g/mol. The number of fused-ring (bicyclic) bond motifs is 1. The number of furan rings is 1. The van der Waals surface area contributed by atoms with E-state index in [4.69, 9.17) is 9.52 Å². The number of pyridine rings is 1. The van der Waals surface area contributed by atoms with Gasteiger partial charge in [0.25, 0.3) is 0 Å². The molecule has 21 heavy (non-hydrogen) atoms. The molecular weight excluding hydrogens is 270 g/mol. The first-order chi connectivity index (χ1) is 10.1. The Labute approximate surface area is 119 Å². The summed E-state index contributed by atoms with van der Waals surface area (Å²) in [6.07, 6.45) is 0. The molecule has 1 N–H and O–H groups in total. The van der Waals surface area contributed by atoms with Gasteiger partial charge in [0.1, 0.15) is 0 Å². The fourth-order valence-corrected chi connectivity index (χ4v) is 2.20. The topological polar surface area (TPSA) is 80.4 Å². The zero-order chi connectivity index (χ0) is 15.0. The number of hydrogen-bond donors (Lipinski definition) is 1. The Hall–Kier alpha value is -2.95.